The van der Waals surface area contributed by atoms with Gasteiger partial charge in [0.2, 0.25) is 5.91 Å². The van der Waals surface area contributed by atoms with Gasteiger partial charge in [-0.15, -0.1) is 0 Å². The molecule has 0 bridgehead atoms. The Bertz CT molecular complexity index is 447. The largest absolute Gasteiger partial charge is 0.329 e. The predicted octanol–water partition coefficient (Wildman–Crippen LogP) is 1.70. The van der Waals surface area contributed by atoms with Crippen molar-refractivity contribution in [3.05, 3.63) is 35.4 Å². The van der Waals surface area contributed by atoms with Gasteiger partial charge >= 0.3 is 0 Å². The number of nitrogens with zero attached hydrogens (tertiary/aromatic N) is 2. The Morgan fingerprint density at radius 1 is 1.56 bits per heavy atom. The molecular weight excluding hydrogens is 200 g/mol. The van der Waals surface area contributed by atoms with Gasteiger partial charge in [-0.2, -0.15) is 5.26 Å². The third-order valence-electron chi connectivity index (χ3n) is 3.11. The van der Waals surface area contributed by atoms with Gasteiger partial charge in [0.15, 0.2) is 0 Å². The summed E-state index contributed by atoms with van der Waals surface area (Å²) in [7, 11) is 0. The van der Waals surface area contributed by atoms with Gasteiger partial charge in [0, 0.05) is 6.54 Å². The fraction of sp³-hybridized carbons (Fsp3) is 0.385. The van der Waals surface area contributed by atoms with Crippen molar-refractivity contribution in [2.45, 2.75) is 19.3 Å². The van der Waals surface area contributed by atoms with Crippen LogP contribution in [0.15, 0.2) is 24.3 Å². The van der Waals surface area contributed by atoms with E-state index in [4.69, 9.17) is 5.26 Å². The molecule has 82 valence electrons. The second-order valence-corrected chi connectivity index (χ2v) is 3.97. The minimum Gasteiger partial charge on any atom is -0.329 e. The standard InChI is InChI=1S/C13H14N2O/c1-2-15(8-7-14)13(16)12-9-10-5-3-4-6-11(10)12/h3-6,12H,2,8-9H2,1H3. The number of amides is 1. The van der Waals surface area contributed by atoms with E-state index in [1.807, 2.05) is 31.2 Å². The summed E-state index contributed by atoms with van der Waals surface area (Å²) in [6, 6.07) is 10.0. The van der Waals surface area contributed by atoms with Gasteiger partial charge in [0.1, 0.15) is 6.54 Å². The Labute approximate surface area is 95.3 Å². The van der Waals surface area contributed by atoms with Gasteiger partial charge < -0.3 is 4.90 Å². The van der Waals surface area contributed by atoms with Crippen LogP contribution in [0.3, 0.4) is 0 Å². The van der Waals surface area contributed by atoms with Crippen molar-refractivity contribution in [3.63, 3.8) is 0 Å². The minimum absolute atomic E-state index is 0.0236. The van der Waals surface area contributed by atoms with Gasteiger partial charge in [-0.05, 0) is 24.5 Å². The Morgan fingerprint density at radius 3 is 2.94 bits per heavy atom. The average Bonchev–Trinajstić information content (AvgIpc) is 2.27. The number of carbonyl (C=O) groups excluding carboxylic acids is 1. The van der Waals surface area contributed by atoms with Crippen LogP contribution in [0.2, 0.25) is 0 Å². The average molecular weight is 214 g/mol. The number of likely N-dealkylation sites (N-methyl/N-ethyl adjacent to an activating group) is 1. The first-order valence-corrected chi connectivity index (χ1v) is 5.51. The molecule has 1 aliphatic rings. The number of hydrogen-bond donors (Lipinski definition) is 0. The van der Waals surface area contributed by atoms with E-state index in [1.165, 1.54) is 5.56 Å². The number of rotatable bonds is 3. The van der Waals surface area contributed by atoms with Gasteiger partial charge in [-0.3, -0.25) is 4.79 Å². The number of nitriles is 1. The molecule has 1 aromatic rings. The molecule has 0 heterocycles. The van der Waals surface area contributed by atoms with Gasteiger partial charge in [-0.1, -0.05) is 24.3 Å². The smallest absolute Gasteiger partial charge is 0.231 e. The van der Waals surface area contributed by atoms with Crippen LogP contribution >= 0.6 is 0 Å². The zero-order valence-electron chi connectivity index (χ0n) is 9.31. The van der Waals surface area contributed by atoms with E-state index in [0.717, 1.165) is 12.0 Å². The van der Waals surface area contributed by atoms with Crippen molar-refractivity contribution in [3.8, 4) is 6.07 Å². The van der Waals surface area contributed by atoms with Crippen molar-refractivity contribution in [2.75, 3.05) is 13.1 Å². The summed E-state index contributed by atoms with van der Waals surface area (Å²) >= 11 is 0. The van der Waals surface area contributed by atoms with Crippen LogP contribution in [0.1, 0.15) is 24.0 Å². The van der Waals surface area contributed by atoms with Crippen molar-refractivity contribution in [2.24, 2.45) is 0 Å². The molecule has 0 aromatic heterocycles. The van der Waals surface area contributed by atoms with E-state index < -0.39 is 0 Å². The zero-order valence-corrected chi connectivity index (χ0v) is 9.31. The molecule has 0 N–H and O–H groups in total. The number of carbonyl (C=O) groups is 1. The maximum absolute atomic E-state index is 12.1. The molecule has 1 aromatic carbocycles. The number of hydrogen-bond acceptors (Lipinski definition) is 2. The highest BCUT2D eigenvalue weighted by Gasteiger charge is 2.33. The molecule has 16 heavy (non-hydrogen) atoms. The summed E-state index contributed by atoms with van der Waals surface area (Å²) in [5.74, 6) is 0.0623. The van der Waals surface area contributed by atoms with E-state index in [9.17, 15) is 4.79 Å². The van der Waals surface area contributed by atoms with Crippen LogP contribution < -0.4 is 0 Å². The van der Waals surface area contributed by atoms with Crippen molar-refractivity contribution < 1.29 is 4.79 Å². The van der Waals surface area contributed by atoms with Gasteiger partial charge in [0.25, 0.3) is 0 Å². The first-order valence-electron chi connectivity index (χ1n) is 5.51. The lowest BCUT2D eigenvalue weighted by Gasteiger charge is -2.32. The van der Waals surface area contributed by atoms with Crippen LogP contribution in [0.4, 0.5) is 0 Å². The quantitative estimate of drug-likeness (QED) is 0.719. The molecule has 0 aliphatic heterocycles. The van der Waals surface area contributed by atoms with Crippen molar-refractivity contribution in [1.82, 2.24) is 4.90 Å². The lowest BCUT2D eigenvalue weighted by Crippen LogP contribution is -2.39. The summed E-state index contributed by atoms with van der Waals surface area (Å²) in [5, 5.41) is 8.64. The van der Waals surface area contributed by atoms with E-state index >= 15 is 0 Å². The molecule has 0 saturated carbocycles. The fourth-order valence-electron chi connectivity index (χ4n) is 2.13. The zero-order chi connectivity index (χ0) is 11.5. The summed E-state index contributed by atoms with van der Waals surface area (Å²) in [5.41, 5.74) is 2.39. The van der Waals surface area contributed by atoms with Crippen LogP contribution in [0, 0.1) is 11.3 Å². The third kappa shape index (κ3) is 1.67. The highest BCUT2D eigenvalue weighted by Crippen LogP contribution is 2.35. The van der Waals surface area contributed by atoms with E-state index in [0.29, 0.717) is 6.54 Å². The first-order chi connectivity index (χ1) is 7.77. The Morgan fingerprint density at radius 2 is 2.31 bits per heavy atom. The Kier molecular flexibility index (Phi) is 2.91. The normalized spacial score (nSPS) is 16.9. The highest BCUT2D eigenvalue weighted by molar-refractivity contribution is 5.87. The summed E-state index contributed by atoms with van der Waals surface area (Å²) < 4.78 is 0. The van der Waals surface area contributed by atoms with E-state index in [2.05, 4.69) is 6.07 Å². The third-order valence-corrected chi connectivity index (χ3v) is 3.11. The molecule has 0 radical (unpaired) electrons. The summed E-state index contributed by atoms with van der Waals surface area (Å²) in [6.07, 6.45) is 0.816. The monoisotopic (exact) mass is 214 g/mol. The lowest BCUT2D eigenvalue weighted by molar-refractivity contribution is -0.132. The molecule has 0 saturated heterocycles. The van der Waals surface area contributed by atoms with E-state index in [1.54, 1.807) is 4.90 Å². The molecule has 0 spiro atoms. The first kappa shape index (κ1) is 10.7. The topological polar surface area (TPSA) is 44.1 Å². The molecule has 3 heteroatoms. The molecule has 1 atom stereocenters. The molecule has 1 amide bonds. The summed E-state index contributed by atoms with van der Waals surface area (Å²) in [4.78, 5) is 13.7. The second kappa shape index (κ2) is 4.36. The molecular formula is C13H14N2O. The molecule has 1 aliphatic carbocycles. The fourth-order valence-corrected chi connectivity index (χ4v) is 2.13. The SMILES string of the molecule is CCN(CC#N)C(=O)C1Cc2ccccc21. The molecule has 1 unspecified atom stereocenters. The van der Waals surface area contributed by atoms with Gasteiger partial charge in [0.05, 0.1) is 12.0 Å². The Hall–Kier alpha value is -1.82. The van der Waals surface area contributed by atoms with Gasteiger partial charge in [-0.25, -0.2) is 0 Å². The van der Waals surface area contributed by atoms with Crippen molar-refractivity contribution >= 4 is 5.91 Å². The predicted molar refractivity (Wildman–Crippen MR) is 60.8 cm³/mol. The van der Waals surface area contributed by atoms with Crippen LogP contribution in [0.5, 0.6) is 0 Å². The van der Waals surface area contributed by atoms with Crippen LogP contribution in [-0.4, -0.2) is 23.9 Å². The molecule has 0 fully saturated rings. The van der Waals surface area contributed by atoms with Crippen LogP contribution in [0.25, 0.3) is 0 Å². The summed E-state index contributed by atoms with van der Waals surface area (Å²) in [6.45, 7) is 2.69. The van der Waals surface area contributed by atoms with Crippen LogP contribution in [-0.2, 0) is 11.2 Å². The van der Waals surface area contributed by atoms with Crippen molar-refractivity contribution in [1.29, 1.82) is 5.26 Å². The molecule has 2 rings (SSSR count). The molecule has 3 nitrogen and oxygen atoms in total. The highest BCUT2D eigenvalue weighted by atomic mass is 16.2. The van der Waals surface area contributed by atoms with E-state index in [-0.39, 0.29) is 18.4 Å². The number of benzene rings is 1. The lowest BCUT2D eigenvalue weighted by atomic mass is 9.77. The maximum Gasteiger partial charge on any atom is 0.231 e. The minimum atomic E-state index is -0.0236. The number of fused-ring (bicyclic) bond motifs is 1. The Balaban J connectivity index is 2.12. The maximum atomic E-state index is 12.1. The second-order valence-electron chi connectivity index (χ2n) is 3.97.